The summed E-state index contributed by atoms with van der Waals surface area (Å²) < 4.78 is 14.8. The third-order valence-corrected chi connectivity index (χ3v) is 1.89. The second-order valence-electron chi connectivity index (χ2n) is 2.90. The maximum Gasteiger partial charge on any atom is 0.240 e. The van der Waals surface area contributed by atoms with Crippen molar-refractivity contribution >= 4 is 5.95 Å². The smallest absolute Gasteiger partial charge is 0.240 e. The van der Waals surface area contributed by atoms with E-state index in [2.05, 4.69) is 10.1 Å². The number of nitrogens with zero attached hydrogens (tertiary/aromatic N) is 3. The highest BCUT2D eigenvalue weighted by molar-refractivity contribution is 5.57. The lowest BCUT2D eigenvalue weighted by atomic mass is 10.2. The summed E-state index contributed by atoms with van der Waals surface area (Å²) in [5, 5.41) is 3.85. The molecule has 4 nitrogen and oxygen atoms in total. The topological polar surface area (TPSA) is 56.7 Å². The van der Waals surface area contributed by atoms with E-state index in [1.54, 1.807) is 25.2 Å². The van der Waals surface area contributed by atoms with Crippen molar-refractivity contribution in [1.29, 1.82) is 0 Å². The van der Waals surface area contributed by atoms with E-state index in [9.17, 15) is 4.39 Å². The highest BCUT2D eigenvalue weighted by Gasteiger charge is 2.10. The Balaban J connectivity index is 2.60. The first-order valence-electron chi connectivity index (χ1n) is 4.10. The zero-order chi connectivity index (χ0) is 10.1. The molecule has 2 rings (SSSR count). The summed E-state index contributed by atoms with van der Waals surface area (Å²) in [7, 11) is 1.67. The number of aryl methyl sites for hydroxylation is 1. The average Bonchev–Trinajstić information content (AvgIpc) is 2.46. The van der Waals surface area contributed by atoms with Gasteiger partial charge in [-0.3, -0.25) is 0 Å². The van der Waals surface area contributed by atoms with Crippen LogP contribution in [0.4, 0.5) is 10.3 Å². The molecule has 72 valence electrons. The molecule has 0 saturated heterocycles. The van der Waals surface area contributed by atoms with E-state index in [0.717, 1.165) is 0 Å². The predicted octanol–water partition coefficient (Wildman–Crippen LogP) is 1.20. The molecule has 0 aliphatic rings. The molecule has 1 aromatic heterocycles. The summed E-state index contributed by atoms with van der Waals surface area (Å²) in [6.45, 7) is 0. The van der Waals surface area contributed by atoms with Crippen LogP contribution in [0.2, 0.25) is 0 Å². The average molecular weight is 192 g/mol. The van der Waals surface area contributed by atoms with Crippen molar-refractivity contribution in [3.63, 3.8) is 0 Å². The quantitative estimate of drug-likeness (QED) is 0.738. The lowest BCUT2D eigenvalue weighted by molar-refractivity contribution is 0.627. The van der Waals surface area contributed by atoms with E-state index in [1.807, 2.05) is 0 Å². The van der Waals surface area contributed by atoms with E-state index in [4.69, 9.17) is 5.73 Å². The number of nitrogen functional groups attached to an aromatic ring is 1. The van der Waals surface area contributed by atoms with Crippen molar-refractivity contribution in [2.24, 2.45) is 7.05 Å². The number of hydrogen-bond acceptors (Lipinski definition) is 3. The second kappa shape index (κ2) is 3.10. The van der Waals surface area contributed by atoms with Gasteiger partial charge in [0.1, 0.15) is 5.82 Å². The van der Waals surface area contributed by atoms with Crippen LogP contribution in [0.1, 0.15) is 0 Å². The SMILES string of the molecule is Cn1nc(N)nc1-c1ccccc1F. The van der Waals surface area contributed by atoms with Crippen molar-refractivity contribution in [2.75, 3.05) is 5.73 Å². The summed E-state index contributed by atoms with van der Waals surface area (Å²) in [5.74, 6) is 0.245. The fourth-order valence-electron chi connectivity index (χ4n) is 1.28. The highest BCUT2D eigenvalue weighted by Crippen LogP contribution is 2.20. The van der Waals surface area contributed by atoms with Crippen molar-refractivity contribution in [3.8, 4) is 11.4 Å². The molecule has 0 fully saturated rings. The Hall–Kier alpha value is -1.91. The summed E-state index contributed by atoms with van der Waals surface area (Å²) in [6.07, 6.45) is 0. The third kappa shape index (κ3) is 1.32. The molecule has 0 atom stereocenters. The van der Waals surface area contributed by atoms with Gasteiger partial charge in [0.15, 0.2) is 5.82 Å². The molecule has 0 amide bonds. The summed E-state index contributed by atoms with van der Waals surface area (Å²) in [4.78, 5) is 3.93. The van der Waals surface area contributed by atoms with Gasteiger partial charge < -0.3 is 5.73 Å². The molecule has 0 aliphatic heterocycles. The maximum absolute atomic E-state index is 13.3. The Morgan fingerprint density at radius 1 is 1.36 bits per heavy atom. The number of benzene rings is 1. The summed E-state index contributed by atoms with van der Waals surface area (Å²) >= 11 is 0. The van der Waals surface area contributed by atoms with Gasteiger partial charge >= 0.3 is 0 Å². The predicted molar refractivity (Wildman–Crippen MR) is 50.8 cm³/mol. The molecule has 2 aromatic rings. The Labute approximate surface area is 80.2 Å². The standard InChI is InChI=1S/C9H9FN4/c1-14-8(12-9(11)13-14)6-4-2-3-5-7(6)10/h2-5H,1H3,(H2,11,13). The molecule has 5 heteroatoms. The molecule has 0 bridgehead atoms. The number of aromatic nitrogens is 3. The Bertz CT molecular complexity index is 464. The molecular formula is C9H9FN4. The van der Waals surface area contributed by atoms with Crippen molar-refractivity contribution in [1.82, 2.24) is 14.8 Å². The zero-order valence-electron chi connectivity index (χ0n) is 7.61. The fourth-order valence-corrected chi connectivity index (χ4v) is 1.28. The molecule has 0 aliphatic carbocycles. The minimum absolute atomic E-state index is 0.144. The second-order valence-corrected chi connectivity index (χ2v) is 2.90. The van der Waals surface area contributed by atoms with Gasteiger partial charge in [-0.1, -0.05) is 12.1 Å². The third-order valence-electron chi connectivity index (χ3n) is 1.89. The first-order valence-corrected chi connectivity index (χ1v) is 4.10. The first kappa shape index (κ1) is 8.68. The number of halogens is 1. The Morgan fingerprint density at radius 2 is 2.07 bits per heavy atom. The van der Waals surface area contributed by atoms with Crippen molar-refractivity contribution < 1.29 is 4.39 Å². The minimum Gasteiger partial charge on any atom is -0.366 e. The van der Waals surface area contributed by atoms with Crippen LogP contribution >= 0.6 is 0 Å². The number of anilines is 1. The normalized spacial score (nSPS) is 10.4. The van der Waals surface area contributed by atoms with Gasteiger partial charge in [-0.2, -0.15) is 4.98 Å². The minimum atomic E-state index is -0.331. The lowest BCUT2D eigenvalue weighted by Crippen LogP contribution is -1.96. The van der Waals surface area contributed by atoms with Crippen LogP contribution in [0.15, 0.2) is 24.3 Å². The van der Waals surface area contributed by atoms with Gasteiger partial charge in [-0.25, -0.2) is 9.07 Å². The zero-order valence-corrected chi connectivity index (χ0v) is 7.61. The van der Waals surface area contributed by atoms with Crippen LogP contribution in [-0.2, 0) is 7.05 Å². The van der Waals surface area contributed by atoms with Gasteiger partial charge in [0.05, 0.1) is 5.56 Å². The number of hydrogen-bond donors (Lipinski definition) is 1. The van der Waals surface area contributed by atoms with Crippen LogP contribution in [0.5, 0.6) is 0 Å². The van der Waals surface area contributed by atoms with E-state index < -0.39 is 0 Å². The molecular weight excluding hydrogens is 183 g/mol. The Kier molecular flexibility index (Phi) is 1.92. The highest BCUT2D eigenvalue weighted by atomic mass is 19.1. The van der Waals surface area contributed by atoms with E-state index in [0.29, 0.717) is 11.4 Å². The summed E-state index contributed by atoms with van der Waals surface area (Å²) in [5.41, 5.74) is 5.80. The molecule has 0 spiro atoms. The van der Waals surface area contributed by atoms with Gasteiger partial charge in [0.25, 0.3) is 0 Å². The molecule has 1 aromatic carbocycles. The van der Waals surface area contributed by atoms with Crippen LogP contribution in [0.3, 0.4) is 0 Å². The van der Waals surface area contributed by atoms with Crippen LogP contribution in [0.25, 0.3) is 11.4 Å². The summed E-state index contributed by atoms with van der Waals surface area (Å²) in [6, 6.07) is 6.38. The number of rotatable bonds is 1. The van der Waals surface area contributed by atoms with E-state index >= 15 is 0 Å². The van der Waals surface area contributed by atoms with Crippen LogP contribution < -0.4 is 5.73 Å². The number of nitrogens with two attached hydrogens (primary N) is 1. The maximum atomic E-state index is 13.3. The van der Waals surface area contributed by atoms with Gasteiger partial charge in [-0.15, -0.1) is 5.10 Å². The molecule has 0 radical (unpaired) electrons. The van der Waals surface area contributed by atoms with Crippen LogP contribution in [0, 0.1) is 5.82 Å². The molecule has 2 N–H and O–H groups in total. The Morgan fingerprint density at radius 3 is 2.64 bits per heavy atom. The van der Waals surface area contributed by atoms with E-state index in [1.165, 1.54) is 10.7 Å². The van der Waals surface area contributed by atoms with Gasteiger partial charge in [-0.05, 0) is 12.1 Å². The molecule has 1 heterocycles. The van der Waals surface area contributed by atoms with Gasteiger partial charge in [0, 0.05) is 7.05 Å². The van der Waals surface area contributed by atoms with Crippen molar-refractivity contribution in [3.05, 3.63) is 30.1 Å². The first-order chi connectivity index (χ1) is 6.68. The van der Waals surface area contributed by atoms with Gasteiger partial charge in [0.2, 0.25) is 5.95 Å². The lowest BCUT2D eigenvalue weighted by Gasteiger charge is -2.00. The molecule has 0 unspecified atom stereocenters. The van der Waals surface area contributed by atoms with Crippen molar-refractivity contribution in [2.45, 2.75) is 0 Å². The molecule has 14 heavy (non-hydrogen) atoms. The monoisotopic (exact) mass is 192 g/mol. The van der Waals surface area contributed by atoms with Crippen LogP contribution in [-0.4, -0.2) is 14.8 Å². The largest absolute Gasteiger partial charge is 0.366 e. The molecule has 0 saturated carbocycles. The van der Waals surface area contributed by atoms with E-state index in [-0.39, 0.29) is 11.8 Å². The fraction of sp³-hybridized carbons (Fsp3) is 0.111.